The Labute approximate surface area is 289 Å². The van der Waals surface area contributed by atoms with Gasteiger partial charge in [-0.25, -0.2) is 9.97 Å². The third-order valence-corrected chi connectivity index (χ3v) is 8.50. The van der Waals surface area contributed by atoms with E-state index in [1.54, 1.807) is 27.8 Å². The molecule has 1 fully saturated rings. The van der Waals surface area contributed by atoms with Crippen LogP contribution in [-0.2, 0) is 28.9 Å². The van der Waals surface area contributed by atoms with Gasteiger partial charge in [0.2, 0.25) is 11.9 Å². The van der Waals surface area contributed by atoms with E-state index in [4.69, 9.17) is 14.2 Å². The number of nitrogens with one attached hydrogen (secondary N) is 2. The lowest BCUT2D eigenvalue weighted by Gasteiger charge is -2.27. The summed E-state index contributed by atoms with van der Waals surface area (Å²) >= 11 is 0. The van der Waals surface area contributed by atoms with Crippen molar-refractivity contribution in [1.29, 1.82) is 0 Å². The van der Waals surface area contributed by atoms with Crippen LogP contribution >= 0.6 is 0 Å². The van der Waals surface area contributed by atoms with E-state index >= 15 is 0 Å². The van der Waals surface area contributed by atoms with Crippen molar-refractivity contribution in [3.63, 3.8) is 0 Å². The molecule has 50 heavy (non-hydrogen) atoms. The summed E-state index contributed by atoms with van der Waals surface area (Å²) in [5, 5.41) is 14.4. The van der Waals surface area contributed by atoms with E-state index in [1.807, 2.05) is 41.4 Å². The molecule has 6 rings (SSSR count). The van der Waals surface area contributed by atoms with Crippen molar-refractivity contribution in [1.82, 2.24) is 40.5 Å². The number of carbonyl (C=O) groups is 3. The number of carbonyl (C=O) groups excluding carboxylic acids is 3. The molecule has 15 nitrogen and oxygen atoms in total. The molecular formula is C35H41N9O6. The first-order chi connectivity index (χ1) is 24.5. The van der Waals surface area contributed by atoms with Crippen LogP contribution in [0.4, 0.5) is 5.95 Å². The van der Waals surface area contributed by atoms with Gasteiger partial charge in [0.05, 0.1) is 43.8 Å². The van der Waals surface area contributed by atoms with Gasteiger partial charge in [-0.15, -0.1) is 5.10 Å². The zero-order valence-corrected chi connectivity index (χ0v) is 28.0. The highest BCUT2D eigenvalue weighted by Gasteiger charge is 2.26. The number of morpholine rings is 1. The molecule has 4 aromatic rings. The number of amides is 3. The fourth-order valence-corrected chi connectivity index (χ4v) is 5.81. The van der Waals surface area contributed by atoms with E-state index < -0.39 is 11.9 Å². The predicted molar refractivity (Wildman–Crippen MR) is 182 cm³/mol. The van der Waals surface area contributed by atoms with Crippen LogP contribution in [0.2, 0.25) is 0 Å². The van der Waals surface area contributed by atoms with E-state index in [2.05, 4.69) is 30.9 Å². The van der Waals surface area contributed by atoms with Crippen LogP contribution in [0.3, 0.4) is 0 Å². The molecule has 0 radical (unpaired) electrons. The monoisotopic (exact) mass is 683 g/mol. The molecule has 0 unspecified atom stereocenters. The van der Waals surface area contributed by atoms with Gasteiger partial charge in [-0.05, 0) is 17.7 Å². The summed E-state index contributed by atoms with van der Waals surface area (Å²) in [4.78, 5) is 53.8. The second kappa shape index (κ2) is 16.7. The van der Waals surface area contributed by atoms with Crippen molar-refractivity contribution in [2.24, 2.45) is 0 Å². The van der Waals surface area contributed by atoms with Gasteiger partial charge in [-0.3, -0.25) is 19.1 Å². The van der Waals surface area contributed by atoms with Crippen LogP contribution in [0, 0.1) is 0 Å². The third-order valence-electron chi connectivity index (χ3n) is 8.50. The molecule has 15 heteroatoms. The van der Waals surface area contributed by atoms with Gasteiger partial charge in [-0.2, -0.15) is 0 Å². The molecule has 4 heterocycles. The molecule has 3 amide bonds. The zero-order valence-electron chi connectivity index (χ0n) is 28.0. The van der Waals surface area contributed by atoms with Gasteiger partial charge in [0.1, 0.15) is 6.04 Å². The first-order valence-electron chi connectivity index (χ1n) is 16.7. The maximum absolute atomic E-state index is 13.8. The lowest BCUT2D eigenvalue weighted by atomic mass is 10.0. The minimum Gasteiger partial charge on any atom is -0.493 e. The number of rotatable bonds is 5. The quantitative estimate of drug-likeness (QED) is 0.313. The molecular weight excluding hydrogens is 642 g/mol. The summed E-state index contributed by atoms with van der Waals surface area (Å²) in [7, 11) is 1.51. The number of hydrogen-bond donors (Lipinski definition) is 2. The minimum atomic E-state index is -0.912. The topological polar surface area (TPSA) is 166 Å². The molecule has 0 saturated carbocycles. The predicted octanol–water partition coefficient (Wildman–Crippen LogP) is 1.54. The number of aryl methyl sites for hydroxylation is 1. The molecule has 2 aromatic heterocycles. The van der Waals surface area contributed by atoms with Crippen molar-refractivity contribution < 1.29 is 28.6 Å². The Bertz CT molecular complexity index is 1750. The van der Waals surface area contributed by atoms with E-state index in [0.29, 0.717) is 80.9 Å². The first-order valence-corrected chi connectivity index (χ1v) is 16.7. The molecule has 0 spiro atoms. The van der Waals surface area contributed by atoms with Crippen LogP contribution in [-0.4, -0.2) is 113 Å². The lowest BCUT2D eigenvalue weighted by Crippen LogP contribution is -2.50. The molecule has 1 saturated heterocycles. The van der Waals surface area contributed by atoms with Crippen molar-refractivity contribution in [2.75, 3.05) is 64.6 Å². The van der Waals surface area contributed by atoms with E-state index in [-0.39, 0.29) is 43.5 Å². The summed E-state index contributed by atoms with van der Waals surface area (Å²) in [5.41, 5.74) is 2.17. The van der Waals surface area contributed by atoms with Gasteiger partial charge in [0.25, 0.3) is 11.8 Å². The standard InChI is InChI=1S/C35H41N9O6/c1-48-30-10-5-9-28-31(30)50-18-6-13-44-24-27(40-41-44)11-14-42(34(47)26-22-37-35(38-23-26)43-16-19-49-20-17-43)15-12-36-33(46)29(39-32(28)45)21-25-7-3-2-4-8-25/h2-5,7-10,22-24,29H,6,11-21H2,1H3,(H,36,46)(H,39,45)/t29-/m0/s1. The molecule has 2 N–H and O–H groups in total. The number of ether oxygens (including phenoxy) is 3. The van der Waals surface area contributed by atoms with Crippen LogP contribution in [0.15, 0.2) is 67.1 Å². The molecule has 2 aliphatic heterocycles. The number of methoxy groups -OCH3 is 1. The van der Waals surface area contributed by atoms with Gasteiger partial charge in [0.15, 0.2) is 11.5 Å². The number of para-hydroxylation sites is 1. The largest absolute Gasteiger partial charge is 0.493 e. The van der Waals surface area contributed by atoms with Crippen LogP contribution in [0.25, 0.3) is 0 Å². The van der Waals surface area contributed by atoms with E-state index in [1.165, 1.54) is 19.5 Å². The second-order valence-electron chi connectivity index (χ2n) is 11.9. The maximum atomic E-state index is 13.8. The zero-order chi connectivity index (χ0) is 34.7. The Morgan fingerprint density at radius 1 is 0.960 bits per heavy atom. The number of aromatic nitrogens is 5. The number of anilines is 1. The average molecular weight is 684 g/mol. The Morgan fingerprint density at radius 2 is 1.76 bits per heavy atom. The highest BCUT2D eigenvalue weighted by atomic mass is 16.5. The van der Waals surface area contributed by atoms with E-state index in [9.17, 15) is 14.4 Å². The second-order valence-corrected chi connectivity index (χ2v) is 11.9. The van der Waals surface area contributed by atoms with Crippen molar-refractivity contribution in [3.8, 4) is 11.5 Å². The summed E-state index contributed by atoms with van der Waals surface area (Å²) in [6, 6.07) is 13.6. The number of benzene rings is 2. The number of hydrogen-bond acceptors (Lipinski definition) is 11. The molecule has 2 aromatic carbocycles. The summed E-state index contributed by atoms with van der Waals surface area (Å²) in [6.45, 7) is 4.01. The Balaban J connectivity index is 1.23. The van der Waals surface area contributed by atoms with Gasteiger partial charge < -0.3 is 34.6 Å². The highest BCUT2D eigenvalue weighted by molar-refractivity contribution is 6.00. The Hall–Kier alpha value is -5.57. The van der Waals surface area contributed by atoms with Crippen LogP contribution in [0.1, 0.15) is 38.4 Å². The van der Waals surface area contributed by atoms with Crippen LogP contribution < -0.4 is 25.0 Å². The van der Waals surface area contributed by atoms with Crippen molar-refractivity contribution >= 4 is 23.7 Å². The lowest BCUT2D eigenvalue weighted by molar-refractivity contribution is -0.123. The van der Waals surface area contributed by atoms with Gasteiger partial charge >= 0.3 is 0 Å². The summed E-state index contributed by atoms with van der Waals surface area (Å²) in [6.07, 6.45) is 6.18. The first kappa shape index (κ1) is 34.3. The fourth-order valence-electron chi connectivity index (χ4n) is 5.81. The average Bonchev–Trinajstić information content (AvgIpc) is 3.62. The summed E-state index contributed by atoms with van der Waals surface area (Å²) < 4.78 is 18.7. The Morgan fingerprint density at radius 3 is 2.54 bits per heavy atom. The highest BCUT2D eigenvalue weighted by Crippen LogP contribution is 2.31. The molecule has 262 valence electrons. The SMILES string of the molecule is COc1cccc2c1OCCCn1cc(nn1)CCN(C(=O)c1cnc(N3CCOCC3)nc1)CCNC(=O)[C@H](Cc1ccccc1)NC2=O. The minimum absolute atomic E-state index is 0.138. The molecule has 1 atom stereocenters. The normalized spacial score (nSPS) is 18.0. The maximum Gasteiger partial charge on any atom is 0.257 e. The number of nitrogens with zero attached hydrogens (tertiary/aromatic N) is 7. The smallest absolute Gasteiger partial charge is 0.257 e. The van der Waals surface area contributed by atoms with Gasteiger partial charge in [0, 0.05) is 77.1 Å². The molecule has 2 aliphatic rings. The molecule has 0 aliphatic carbocycles. The fraction of sp³-hybridized carbons (Fsp3) is 0.400. The number of fused-ring (bicyclic) bond motifs is 3. The van der Waals surface area contributed by atoms with Crippen LogP contribution in [0.5, 0.6) is 11.5 Å². The molecule has 2 bridgehead atoms. The Kier molecular flexibility index (Phi) is 11.5. The van der Waals surface area contributed by atoms with Crippen molar-refractivity contribution in [2.45, 2.75) is 31.8 Å². The van der Waals surface area contributed by atoms with E-state index in [0.717, 1.165) is 5.56 Å². The summed E-state index contributed by atoms with van der Waals surface area (Å²) in [5.74, 6) is 0.0940. The third kappa shape index (κ3) is 8.71. The van der Waals surface area contributed by atoms with Gasteiger partial charge in [-0.1, -0.05) is 41.6 Å². The van der Waals surface area contributed by atoms with Crippen molar-refractivity contribution in [3.05, 3.63) is 89.5 Å².